The molecule has 2 aliphatic heterocycles. The average molecular weight is 240 g/mol. The second-order valence-corrected chi connectivity index (χ2v) is 5.66. The third-order valence-corrected chi connectivity index (χ3v) is 4.05. The summed E-state index contributed by atoms with van der Waals surface area (Å²) in [4.78, 5) is 14.6. The second kappa shape index (κ2) is 4.94. The lowest BCUT2D eigenvalue weighted by atomic mass is 9.82. The summed E-state index contributed by atoms with van der Waals surface area (Å²) in [5, 5.41) is 3.46. The Balaban J connectivity index is 2.13. The van der Waals surface area contributed by atoms with Gasteiger partial charge in [0.25, 0.3) is 0 Å². The van der Waals surface area contributed by atoms with Crippen molar-refractivity contribution in [2.45, 2.75) is 57.2 Å². The van der Waals surface area contributed by atoms with Crippen molar-refractivity contribution < 1.29 is 9.53 Å². The highest BCUT2D eigenvalue weighted by Gasteiger charge is 2.47. The molecule has 0 aromatic rings. The number of fused-ring (bicyclic) bond motifs is 1. The van der Waals surface area contributed by atoms with Crippen LogP contribution in [-0.2, 0) is 9.53 Å². The zero-order valence-electron chi connectivity index (χ0n) is 11.2. The minimum atomic E-state index is -0.450. The molecule has 0 aliphatic carbocycles. The van der Waals surface area contributed by atoms with Gasteiger partial charge in [-0.2, -0.15) is 0 Å². The molecule has 0 radical (unpaired) electrons. The standard InChI is InChI=1S/C13H24N2O2/c1-10(2)14-13(12(16)17-3)6-8-15-7-4-5-11(15)9-13/h10-11,14H,4-9H2,1-3H3. The topological polar surface area (TPSA) is 41.6 Å². The number of methoxy groups -OCH3 is 1. The van der Waals surface area contributed by atoms with E-state index in [4.69, 9.17) is 4.74 Å². The summed E-state index contributed by atoms with van der Waals surface area (Å²) in [5.74, 6) is -0.0854. The number of ether oxygens (including phenoxy) is 1. The number of rotatable bonds is 3. The van der Waals surface area contributed by atoms with Crippen molar-refractivity contribution in [3.63, 3.8) is 0 Å². The fraction of sp³-hybridized carbons (Fsp3) is 0.923. The molecule has 2 saturated heterocycles. The van der Waals surface area contributed by atoms with Crippen LogP contribution in [0.1, 0.15) is 39.5 Å². The molecule has 2 unspecified atom stereocenters. The highest BCUT2D eigenvalue weighted by Crippen LogP contribution is 2.34. The largest absolute Gasteiger partial charge is 0.468 e. The molecule has 4 heteroatoms. The lowest BCUT2D eigenvalue weighted by Gasteiger charge is -2.43. The normalized spacial score (nSPS) is 33.8. The van der Waals surface area contributed by atoms with Gasteiger partial charge >= 0.3 is 5.97 Å². The molecule has 2 atom stereocenters. The number of nitrogens with one attached hydrogen (secondary N) is 1. The van der Waals surface area contributed by atoms with Crippen LogP contribution in [0.4, 0.5) is 0 Å². The molecular weight excluding hydrogens is 216 g/mol. The first-order chi connectivity index (χ1) is 8.07. The van der Waals surface area contributed by atoms with Crippen molar-refractivity contribution in [2.75, 3.05) is 20.2 Å². The predicted octanol–water partition coefficient (Wildman–Crippen LogP) is 1.15. The van der Waals surface area contributed by atoms with Gasteiger partial charge in [-0.15, -0.1) is 0 Å². The molecular formula is C13H24N2O2. The molecule has 2 aliphatic rings. The quantitative estimate of drug-likeness (QED) is 0.752. The van der Waals surface area contributed by atoms with Crippen molar-refractivity contribution in [3.05, 3.63) is 0 Å². The molecule has 0 saturated carbocycles. The van der Waals surface area contributed by atoms with Gasteiger partial charge in [0.2, 0.25) is 0 Å². The van der Waals surface area contributed by atoms with Crippen molar-refractivity contribution in [2.24, 2.45) is 0 Å². The van der Waals surface area contributed by atoms with Crippen molar-refractivity contribution in [3.8, 4) is 0 Å². The monoisotopic (exact) mass is 240 g/mol. The summed E-state index contributed by atoms with van der Waals surface area (Å²) in [6, 6.07) is 0.871. The van der Waals surface area contributed by atoms with Gasteiger partial charge in [-0.3, -0.25) is 10.1 Å². The number of esters is 1. The van der Waals surface area contributed by atoms with Gasteiger partial charge in [-0.1, -0.05) is 0 Å². The number of hydrogen-bond acceptors (Lipinski definition) is 4. The first kappa shape index (κ1) is 12.8. The third kappa shape index (κ3) is 2.47. The number of nitrogens with zero attached hydrogens (tertiary/aromatic N) is 1. The van der Waals surface area contributed by atoms with E-state index in [0.29, 0.717) is 12.1 Å². The van der Waals surface area contributed by atoms with E-state index in [1.54, 1.807) is 0 Å². The molecule has 0 spiro atoms. The van der Waals surface area contributed by atoms with E-state index >= 15 is 0 Å². The van der Waals surface area contributed by atoms with Crippen LogP contribution in [0.15, 0.2) is 0 Å². The Kier molecular flexibility index (Phi) is 3.73. The summed E-state index contributed by atoms with van der Waals surface area (Å²) in [6.45, 7) is 6.39. The summed E-state index contributed by atoms with van der Waals surface area (Å²) in [6.07, 6.45) is 4.26. The van der Waals surface area contributed by atoms with Gasteiger partial charge in [0.05, 0.1) is 7.11 Å². The van der Waals surface area contributed by atoms with Crippen LogP contribution in [0.25, 0.3) is 0 Å². The van der Waals surface area contributed by atoms with E-state index < -0.39 is 5.54 Å². The van der Waals surface area contributed by atoms with Crippen LogP contribution >= 0.6 is 0 Å². The molecule has 2 fully saturated rings. The maximum atomic E-state index is 12.1. The number of carbonyl (C=O) groups is 1. The van der Waals surface area contributed by atoms with Gasteiger partial charge in [-0.05, 0) is 46.1 Å². The van der Waals surface area contributed by atoms with Crippen LogP contribution in [0, 0.1) is 0 Å². The van der Waals surface area contributed by atoms with Crippen LogP contribution < -0.4 is 5.32 Å². The molecule has 98 valence electrons. The van der Waals surface area contributed by atoms with Crippen LogP contribution in [-0.4, -0.2) is 48.7 Å². The molecule has 4 nitrogen and oxygen atoms in total. The van der Waals surface area contributed by atoms with E-state index in [-0.39, 0.29) is 5.97 Å². The number of hydrogen-bond donors (Lipinski definition) is 1. The van der Waals surface area contributed by atoms with Gasteiger partial charge in [0, 0.05) is 18.6 Å². The van der Waals surface area contributed by atoms with Crippen LogP contribution in [0.2, 0.25) is 0 Å². The molecule has 2 heterocycles. The molecule has 17 heavy (non-hydrogen) atoms. The molecule has 0 amide bonds. The Morgan fingerprint density at radius 2 is 2.24 bits per heavy atom. The van der Waals surface area contributed by atoms with E-state index in [1.165, 1.54) is 26.5 Å². The smallest absolute Gasteiger partial charge is 0.326 e. The van der Waals surface area contributed by atoms with Gasteiger partial charge in [0.15, 0.2) is 0 Å². The number of piperidine rings is 1. The van der Waals surface area contributed by atoms with Gasteiger partial charge < -0.3 is 9.64 Å². The highest BCUT2D eigenvalue weighted by molar-refractivity contribution is 5.81. The zero-order valence-corrected chi connectivity index (χ0v) is 11.2. The maximum absolute atomic E-state index is 12.1. The second-order valence-electron chi connectivity index (χ2n) is 5.66. The molecule has 0 aromatic carbocycles. The summed E-state index contributed by atoms with van der Waals surface area (Å²) in [7, 11) is 1.49. The summed E-state index contributed by atoms with van der Waals surface area (Å²) in [5.41, 5.74) is -0.450. The third-order valence-electron chi connectivity index (χ3n) is 4.05. The van der Waals surface area contributed by atoms with Crippen molar-refractivity contribution in [1.82, 2.24) is 10.2 Å². The van der Waals surface area contributed by atoms with Crippen molar-refractivity contribution in [1.29, 1.82) is 0 Å². The fourth-order valence-corrected chi connectivity index (χ4v) is 3.38. The number of carbonyl (C=O) groups excluding carboxylic acids is 1. The fourth-order valence-electron chi connectivity index (χ4n) is 3.38. The zero-order chi connectivity index (χ0) is 12.5. The predicted molar refractivity (Wildman–Crippen MR) is 66.8 cm³/mol. The Bertz CT molecular complexity index is 293. The van der Waals surface area contributed by atoms with E-state index in [9.17, 15) is 4.79 Å². The lowest BCUT2D eigenvalue weighted by Crippen LogP contribution is -2.62. The Morgan fingerprint density at radius 3 is 2.88 bits per heavy atom. The van der Waals surface area contributed by atoms with Crippen molar-refractivity contribution >= 4 is 5.97 Å². The minimum absolute atomic E-state index is 0.0854. The average Bonchev–Trinajstić information content (AvgIpc) is 2.73. The summed E-state index contributed by atoms with van der Waals surface area (Å²) >= 11 is 0. The highest BCUT2D eigenvalue weighted by atomic mass is 16.5. The van der Waals surface area contributed by atoms with Gasteiger partial charge in [0.1, 0.15) is 5.54 Å². The van der Waals surface area contributed by atoms with E-state index in [2.05, 4.69) is 24.1 Å². The van der Waals surface area contributed by atoms with Crippen LogP contribution in [0.5, 0.6) is 0 Å². The molecule has 1 N–H and O–H groups in total. The minimum Gasteiger partial charge on any atom is -0.468 e. The maximum Gasteiger partial charge on any atom is 0.326 e. The van der Waals surface area contributed by atoms with E-state index in [0.717, 1.165) is 19.4 Å². The van der Waals surface area contributed by atoms with Gasteiger partial charge in [-0.25, -0.2) is 0 Å². The molecule has 0 aromatic heterocycles. The van der Waals surface area contributed by atoms with Crippen LogP contribution in [0.3, 0.4) is 0 Å². The van der Waals surface area contributed by atoms with E-state index in [1.807, 2.05) is 0 Å². The molecule has 2 rings (SSSR count). The lowest BCUT2D eigenvalue weighted by molar-refractivity contribution is -0.152. The first-order valence-electron chi connectivity index (χ1n) is 6.67. The molecule has 0 bridgehead atoms. The Labute approximate surface area is 104 Å². The SMILES string of the molecule is COC(=O)C1(NC(C)C)CCN2CCCC2C1. The summed E-state index contributed by atoms with van der Waals surface area (Å²) < 4.78 is 5.02. The first-order valence-corrected chi connectivity index (χ1v) is 6.67. The Hall–Kier alpha value is -0.610. The Morgan fingerprint density at radius 1 is 1.47 bits per heavy atom.